The second kappa shape index (κ2) is 6.34. The maximum Gasteiger partial charge on any atom is 0.262 e. The number of fused-ring (bicyclic) bond motifs is 1. The molecule has 0 fully saturated rings. The first-order valence-corrected chi connectivity index (χ1v) is 7.68. The van der Waals surface area contributed by atoms with E-state index in [-0.39, 0.29) is 12.5 Å². The van der Waals surface area contributed by atoms with Crippen molar-refractivity contribution in [2.45, 2.75) is 13.3 Å². The largest absolute Gasteiger partial charge is 0.351 e. The van der Waals surface area contributed by atoms with Gasteiger partial charge in [0, 0.05) is 13.1 Å². The highest BCUT2D eigenvalue weighted by molar-refractivity contribution is 6.22. The van der Waals surface area contributed by atoms with Gasteiger partial charge in [-0.15, -0.1) is 0 Å². The molecule has 0 saturated heterocycles. The van der Waals surface area contributed by atoms with Gasteiger partial charge in [0.05, 0.1) is 11.1 Å². The summed E-state index contributed by atoms with van der Waals surface area (Å²) in [6, 6.07) is 5.12. The van der Waals surface area contributed by atoms with Gasteiger partial charge in [0.2, 0.25) is 5.91 Å². The molecule has 120 valence electrons. The number of nitrogens with one attached hydrogen (secondary N) is 2. The van der Waals surface area contributed by atoms with Crippen LogP contribution in [0.4, 0.5) is 0 Å². The number of hydrogen-bond acceptors (Lipinski definition) is 4. The summed E-state index contributed by atoms with van der Waals surface area (Å²) in [6.45, 7) is 3.79. The first-order chi connectivity index (χ1) is 11.1. The molecule has 0 saturated carbocycles. The molecule has 2 aliphatic heterocycles. The lowest BCUT2D eigenvalue weighted by Gasteiger charge is -2.16. The van der Waals surface area contributed by atoms with Gasteiger partial charge in [-0.1, -0.05) is 23.3 Å². The summed E-state index contributed by atoms with van der Waals surface area (Å²) >= 11 is 0. The standard InChI is InChI=1S/C17H19N3O3/c1-11-2-3-13-14(8-11)17(23)20(16(13)22)10-15(21)19-9-12-4-6-18-7-5-12/h2-4,8,18H,5-7,9-10H2,1H3,(H,19,21). The summed E-state index contributed by atoms with van der Waals surface area (Å²) in [6.07, 6.45) is 2.95. The third-order valence-electron chi connectivity index (χ3n) is 4.10. The van der Waals surface area contributed by atoms with Crippen LogP contribution in [0, 0.1) is 6.92 Å². The number of nitrogens with zero attached hydrogens (tertiary/aromatic N) is 1. The Hall–Kier alpha value is -2.47. The molecule has 0 radical (unpaired) electrons. The van der Waals surface area contributed by atoms with Crippen molar-refractivity contribution < 1.29 is 14.4 Å². The van der Waals surface area contributed by atoms with Gasteiger partial charge >= 0.3 is 0 Å². The van der Waals surface area contributed by atoms with Gasteiger partial charge in [-0.2, -0.15) is 0 Å². The fraction of sp³-hybridized carbons (Fsp3) is 0.353. The topological polar surface area (TPSA) is 78.5 Å². The minimum absolute atomic E-state index is 0.239. The molecule has 2 N–H and O–H groups in total. The Bertz CT molecular complexity index is 709. The van der Waals surface area contributed by atoms with E-state index in [1.54, 1.807) is 18.2 Å². The molecule has 0 spiro atoms. The molecule has 23 heavy (non-hydrogen) atoms. The van der Waals surface area contributed by atoms with Crippen LogP contribution in [-0.4, -0.2) is 48.8 Å². The fourth-order valence-corrected chi connectivity index (χ4v) is 2.79. The molecule has 3 rings (SSSR count). The lowest BCUT2D eigenvalue weighted by molar-refractivity contribution is -0.121. The molecule has 1 aromatic carbocycles. The van der Waals surface area contributed by atoms with Gasteiger partial charge in [-0.25, -0.2) is 0 Å². The van der Waals surface area contributed by atoms with Gasteiger partial charge in [0.25, 0.3) is 11.8 Å². The summed E-state index contributed by atoms with van der Waals surface area (Å²) in [4.78, 5) is 37.6. The van der Waals surface area contributed by atoms with Crippen LogP contribution in [0.25, 0.3) is 0 Å². The van der Waals surface area contributed by atoms with Crippen molar-refractivity contribution in [2.75, 3.05) is 26.2 Å². The maximum absolute atomic E-state index is 12.3. The molecule has 0 bridgehead atoms. The van der Waals surface area contributed by atoms with Crippen LogP contribution in [0.15, 0.2) is 29.8 Å². The van der Waals surface area contributed by atoms with E-state index in [9.17, 15) is 14.4 Å². The maximum atomic E-state index is 12.3. The Kier molecular flexibility index (Phi) is 4.25. The van der Waals surface area contributed by atoms with E-state index in [2.05, 4.69) is 16.7 Å². The average molecular weight is 313 g/mol. The van der Waals surface area contributed by atoms with Crippen molar-refractivity contribution >= 4 is 17.7 Å². The molecule has 3 amide bonds. The molecule has 0 aromatic heterocycles. The highest BCUT2D eigenvalue weighted by Crippen LogP contribution is 2.23. The van der Waals surface area contributed by atoms with Crippen molar-refractivity contribution in [2.24, 2.45) is 0 Å². The van der Waals surface area contributed by atoms with Crippen molar-refractivity contribution in [1.29, 1.82) is 0 Å². The number of amides is 3. The summed E-state index contributed by atoms with van der Waals surface area (Å²) in [5.74, 6) is -1.12. The van der Waals surface area contributed by atoms with Gasteiger partial charge in [-0.05, 0) is 32.0 Å². The van der Waals surface area contributed by atoms with E-state index < -0.39 is 11.8 Å². The van der Waals surface area contributed by atoms with Crippen LogP contribution in [-0.2, 0) is 4.79 Å². The molecular formula is C17H19N3O3. The Labute approximate surface area is 134 Å². The molecule has 1 aromatic rings. The van der Waals surface area contributed by atoms with Gasteiger partial charge in [0.15, 0.2) is 0 Å². The van der Waals surface area contributed by atoms with Gasteiger partial charge < -0.3 is 10.6 Å². The number of carbonyl (C=O) groups is 3. The zero-order valence-corrected chi connectivity index (χ0v) is 13.0. The van der Waals surface area contributed by atoms with E-state index in [4.69, 9.17) is 0 Å². The summed E-state index contributed by atoms with van der Waals surface area (Å²) in [5.41, 5.74) is 2.82. The van der Waals surface area contributed by atoms with E-state index in [0.717, 1.165) is 35.5 Å². The van der Waals surface area contributed by atoms with E-state index in [0.29, 0.717) is 17.7 Å². The summed E-state index contributed by atoms with van der Waals surface area (Å²) < 4.78 is 0. The van der Waals surface area contributed by atoms with Crippen LogP contribution < -0.4 is 10.6 Å². The zero-order chi connectivity index (χ0) is 16.4. The van der Waals surface area contributed by atoms with E-state index in [1.165, 1.54) is 0 Å². The van der Waals surface area contributed by atoms with Gasteiger partial charge in [-0.3, -0.25) is 19.3 Å². The monoisotopic (exact) mass is 313 g/mol. The quantitative estimate of drug-likeness (QED) is 0.631. The highest BCUT2D eigenvalue weighted by atomic mass is 16.2. The van der Waals surface area contributed by atoms with Crippen molar-refractivity contribution in [1.82, 2.24) is 15.5 Å². The van der Waals surface area contributed by atoms with Crippen molar-refractivity contribution in [3.8, 4) is 0 Å². The van der Waals surface area contributed by atoms with E-state index in [1.807, 2.05) is 6.92 Å². The van der Waals surface area contributed by atoms with Crippen LogP contribution >= 0.6 is 0 Å². The summed E-state index contributed by atoms with van der Waals surface area (Å²) in [5, 5.41) is 5.98. The normalized spacial score (nSPS) is 17.1. The SMILES string of the molecule is Cc1ccc2c(c1)C(=O)N(CC(=O)NCC1=CCNCC1)C2=O. The number of hydrogen-bond donors (Lipinski definition) is 2. The van der Waals surface area contributed by atoms with Gasteiger partial charge in [0.1, 0.15) is 6.54 Å². The predicted octanol–water partition coefficient (Wildman–Crippen LogP) is 0.627. The minimum Gasteiger partial charge on any atom is -0.351 e. The van der Waals surface area contributed by atoms with Crippen LogP contribution in [0.3, 0.4) is 0 Å². The number of carbonyl (C=O) groups excluding carboxylic acids is 3. The Morgan fingerprint density at radius 2 is 2.04 bits per heavy atom. The molecule has 6 heteroatoms. The third-order valence-corrected chi connectivity index (χ3v) is 4.10. The van der Waals surface area contributed by atoms with Crippen LogP contribution in [0.2, 0.25) is 0 Å². The lowest BCUT2D eigenvalue weighted by atomic mass is 10.1. The predicted molar refractivity (Wildman–Crippen MR) is 85.1 cm³/mol. The second-order valence-electron chi connectivity index (χ2n) is 5.84. The Morgan fingerprint density at radius 3 is 2.78 bits per heavy atom. The molecule has 0 atom stereocenters. The first kappa shape index (κ1) is 15.4. The highest BCUT2D eigenvalue weighted by Gasteiger charge is 2.36. The summed E-state index contributed by atoms with van der Waals surface area (Å²) in [7, 11) is 0. The lowest BCUT2D eigenvalue weighted by Crippen LogP contribution is -2.41. The molecule has 2 heterocycles. The Morgan fingerprint density at radius 1 is 1.26 bits per heavy atom. The molecular weight excluding hydrogens is 294 g/mol. The molecule has 2 aliphatic rings. The molecule has 0 aliphatic carbocycles. The Balaban J connectivity index is 1.62. The number of imide groups is 1. The number of rotatable bonds is 4. The molecule has 6 nitrogen and oxygen atoms in total. The second-order valence-corrected chi connectivity index (χ2v) is 5.84. The van der Waals surface area contributed by atoms with Crippen LogP contribution in [0.5, 0.6) is 0 Å². The average Bonchev–Trinajstić information content (AvgIpc) is 2.78. The third kappa shape index (κ3) is 3.17. The van der Waals surface area contributed by atoms with Crippen molar-refractivity contribution in [3.63, 3.8) is 0 Å². The smallest absolute Gasteiger partial charge is 0.262 e. The molecule has 0 unspecified atom stereocenters. The van der Waals surface area contributed by atoms with Crippen LogP contribution in [0.1, 0.15) is 32.7 Å². The number of benzene rings is 1. The van der Waals surface area contributed by atoms with E-state index >= 15 is 0 Å². The minimum atomic E-state index is -0.402. The van der Waals surface area contributed by atoms with Crippen molar-refractivity contribution in [3.05, 3.63) is 46.5 Å². The fourth-order valence-electron chi connectivity index (χ4n) is 2.79. The first-order valence-electron chi connectivity index (χ1n) is 7.68. The zero-order valence-electron chi connectivity index (χ0n) is 13.0. The number of aryl methyl sites for hydroxylation is 1.